The number of anilines is 1. The van der Waals surface area contributed by atoms with E-state index in [4.69, 9.17) is 0 Å². The number of guanidine groups is 1. The maximum absolute atomic E-state index is 11.8. The molecule has 2 aliphatic rings. The molecule has 2 fully saturated rings. The van der Waals surface area contributed by atoms with Crippen molar-refractivity contribution in [2.75, 3.05) is 18.5 Å². The molecule has 1 aromatic rings. The second-order valence-corrected chi connectivity index (χ2v) is 7.34. The smallest absolute Gasteiger partial charge is 0.227 e. The number of nitrogens with one attached hydrogen (secondary N) is 2. The maximum atomic E-state index is 11.8. The minimum absolute atomic E-state index is 0.234. The Morgan fingerprint density at radius 3 is 2.52 bits per heavy atom. The first-order valence-electron chi connectivity index (χ1n) is 9.52. The van der Waals surface area contributed by atoms with Crippen LogP contribution in [0.5, 0.6) is 0 Å². The average molecular weight is 342 g/mol. The van der Waals surface area contributed by atoms with Gasteiger partial charge in [0.05, 0.1) is 0 Å². The predicted molar refractivity (Wildman–Crippen MR) is 103 cm³/mol. The van der Waals surface area contributed by atoms with Crippen molar-refractivity contribution in [3.05, 3.63) is 29.8 Å². The van der Waals surface area contributed by atoms with Crippen molar-refractivity contribution in [3.8, 4) is 0 Å². The highest BCUT2D eigenvalue weighted by molar-refractivity contribution is 5.95. The second-order valence-electron chi connectivity index (χ2n) is 7.34. The standard InChI is InChI=1S/C20H30N4O/c1-15-5-9-17(10-6-15)23-20(21-2)22-14-16-7-11-18(12-8-16)24-13-3-4-19(24)25/h7-8,11-12,15,17H,3-6,9-10,13-14H2,1-2H3,(H2,21,22,23). The van der Waals surface area contributed by atoms with Crippen LogP contribution in [0.15, 0.2) is 29.3 Å². The normalized spacial score (nSPS) is 24.5. The second kappa shape index (κ2) is 8.37. The van der Waals surface area contributed by atoms with Gasteiger partial charge in [0.25, 0.3) is 0 Å². The molecule has 1 saturated carbocycles. The Morgan fingerprint density at radius 2 is 1.92 bits per heavy atom. The number of carbonyl (C=O) groups excluding carboxylic acids is 1. The summed E-state index contributed by atoms with van der Waals surface area (Å²) < 4.78 is 0. The van der Waals surface area contributed by atoms with Gasteiger partial charge >= 0.3 is 0 Å². The molecule has 1 aliphatic carbocycles. The number of carbonyl (C=O) groups is 1. The van der Waals surface area contributed by atoms with E-state index in [1.807, 2.05) is 24.1 Å². The van der Waals surface area contributed by atoms with Crippen LogP contribution < -0.4 is 15.5 Å². The minimum Gasteiger partial charge on any atom is -0.354 e. The molecule has 2 N–H and O–H groups in total. The van der Waals surface area contributed by atoms with Crippen LogP contribution in [-0.4, -0.2) is 31.5 Å². The topological polar surface area (TPSA) is 56.7 Å². The van der Waals surface area contributed by atoms with Crippen molar-refractivity contribution in [2.24, 2.45) is 10.9 Å². The van der Waals surface area contributed by atoms with Crippen LogP contribution >= 0.6 is 0 Å². The fraction of sp³-hybridized carbons (Fsp3) is 0.600. The molecule has 0 unspecified atom stereocenters. The Hall–Kier alpha value is -2.04. The molecule has 0 spiro atoms. The number of benzene rings is 1. The number of aliphatic imine (C=N–C) groups is 1. The Balaban J connectivity index is 1.49. The molecular weight excluding hydrogens is 312 g/mol. The van der Waals surface area contributed by atoms with Gasteiger partial charge in [-0.2, -0.15) is 0 Å². The molecule has 1 aliphatic heterocycles. The fourth-order valence-corrected chi connectivity index (χ4v) is 3.69. The molecule has 25 heavy (non-hydrogen) atoms. The summed E-state index contributed by atoms with van der Waals surface area (Å²) in [7, 11) is 1.82. The largest absolute Gasteiger partial charge is 0.354 e. The lowest BCUT2D eigenvalue weighted by Gasteiger charge is -2.28. The van der Waals surface area contributed by atoms with Crippen LogP contribution in [0.4, 0.5) is 5.69 Å². The van der Waals surface area contributed by atoms with Gasteiger partial charge in [-0.1, -0.05) is 19.1 Å². The first kappa shape index (κ1) is 17.8. The summed E-state index contributed by atoms with van der Waals surface area (Å²) in [6.45, 7) is 3.91. The molecule has 0 aromatic heterocycles. The van der Waals surface area contributed by atoms with Gasteiger partial charge in [0.1, 0.15) is 0 Å². The van der Waals surface area contributed by atoms with Gasteiger partial charge in [0.15, 0.2) is 5.96 Å². The third-order valence-corrected chi connectivity index (χ3v) is 5.36. The summed E-state index contributed by atoms with van der Waals surface area (Å²) in [5.74, 6) is 1.96. The number of hydrogen-bond donors (Lipinski definition) is 2. The van der Waals surface area contributed by atoms with Crippen molar-refractivity contribution >= 4 is 17.6 Å². The number of rotatable bonds is 4. The highest BCUT2D eigenvalue weighted by Gasteiger charge is 2.21. The molecule has 1 heterocycles. The zero-order chi connectivity index (χ0) is 17.6. The van der Waals surface area contributed by atoms with E-state index >= 15 is 0 Å². The van der Waals surface area contributed by atoms with E-state index in [1.165, 1.54) is 31.2 Å². The molecule has 0 atom stereocenters. The Labute approximate surface area is 150 Å². The van der Waals surface area contributed by atoms with Gasteiger partial charge in [0, 0.05) is 38.3 Å². The molecule has 1 amide bonds. The molecule has 1 saturated heterocycles. The van der Waals surface area contributed by atoms with Gasteiger partial charge < -0.3 is 15.5 Å². The van der Waals surface area contributed by atoms with Crippen LogP contribution in [0.25, 0.3) is 0 Å². The zero-order valence-corrected chi connectivity index (χ0v) is 15.4. The molecule has 1 aromatic carbocycles. The van der Waals surface area contributed by atoms with Gasteiger partial charge in [-0.3, -0.25) is 9.79 Å². The van der Waals surface area contributed by atoms with Gasteiger partial charge in [0.2, 0.25) is 5.91 Å². The van der Waals surface area contributed by atoms with E-state index in [0.29, 0.717) is 12.5 Å². The zero-order valence-electron chi connectivity index (χ0n) is 15.4. The first-order chi connectivity index (χ1) is 12.2. The van der Waals surface area contributed by atoms with Crippen molar-refractivity contribution in [1.29, 1.82) is 0 Å². The average Bonchev–Trinajstić information content (AvgIpc) is 3.07. The molecule has 0 radical (unpaired) electrons. The highest BCUT2D eigenvalue weighted by Crippen LogP contribution is 2.23. The van der Waals surface area contributed by atoms with Gasteiger partial charge in [-0.25, -0.2) is 0 Å². The number of hydrogen-bond acceptors (Lipinski definition) is 2. The molecular formula is C20H30N4O. The van der Waals surface area contributed by atoms with Crippen LogP contribution in [-0.2, 0) is 11.3 Å². The Bertz CT molecular complexity index is 603. The quantitative estimate of drug-likeness (QED) is 0.653. The Morgan fingerprint density at radius 1 is 1.20 bits per heavy atom. The molecule has 0 bridgehead atoms. The van der Waals surface area contributed by atoms with Gasteiger partial charge in [-0.05, 0) is 55.7 Å². The summed E-state index contributed by atoms with van der Waals surface area (Å²) in [5, 5.41) is 6.94. The Kier molecular flexibility index (Phi) is 5.95. The maximum Gasteiger partial charge on any atom is 0.227 e. The first-order valence-corrected chi connectivity index (χ1v) is 9.52. The van der Waals surface area contributed by atoms with Gasteiger partial charge in [-0.15, -0.1) is 0 Å². The molecule has 136 valence electrons. The van der Waals surface area contributed by atoms with E-state index < -0.39 is 0 Å². The van der Waals surface area contributed by atoms with Crippen molar-refractivity contribution in [3.63, 3.8) is 0 Å². The SMILES string of the molecule is CN=C(NCc1ccc(N2CCCC2=O)cc1)NC1CCC(C)CC1. The number of nitrogens with zero attached hydrogens (tertiary/aromatic N) is 2. The fourth-order valence-electron chi connectivity index (χ4n) is 3.69. The van der Waals surface area contributed by atoms with Crippen molar-refractivity contribution in [2.45, 2.75) is 58.0 Å². The lowest BCUT2D eigenvalue weighted by Crippen LogP contribution is -2.44. The summed E-state index contributed by atoms with van der Waals surface area (Å²) in [6.07, 6.45) is 6.67. The molecule has 3 rings (SSSR count). The van der Waals surface area contributed by atoms with Crippen molar-refractivity contribution in [1.82, 2.24) is 10.6 Å². The van der Waals surface area contributed by atoms with E-state index in [9.17, 15) is 4.79 Å². The number of amides is 1. The summed E-state index contributed by atoms with van der Waals surface area (Å²) in [4.78, 5) is 18.0. The lowest BCUT2D eigenvalue weighted by atomic mass is 9.87. The monoisotopic (exact) mass is 342 g/mol. The van der Waals surface area contributed by atoms with E-state index in [1.54, 1.807) is 0 Å². The molecule has 5 nitrogen and oxygen atoms in total. The third-order valence-electron chi connectivity index (χ3n) is 5.36. The third kappa shape index (κ3) is 4.74. The predicted octanol–water partition coefficient (Wildman–Crippen LogP) is 3.06. The minimum atomic E-state index is 0.234. The van der Waals surface area contributed by atoms with E-state index in [-0.39, 0.29) is 5.91 Å². The highest BCUT2D eigenvalue weighted by atomic mass is 16.2. The van der Waals surface area contributed by atoms with Crippen LogP contribution in [0.1, 0.15) is 51.0 Å². The van der Waals surface area contributed by atoms with Crippen LogP contribution in [0, 0.1) is 5.92 Å². The van der Waals surface area contributed by atoms with Crippen molar-refractivity contribution < 1.29 is 4.79 Å². The summed E-state index contributed by atoms with van der Waals surface area (Å²) in [5.41, 5.74) is 2.20. The van der Waals surface area contributed by atoms with Crippen LogP contribution in [0.3, 0.4) is 0 Å². The van der Waals surface area contributed by atoms with E-state index in [2.05, 4.69) is 34.7 Å². The molecule has 5 heteroatoms. The summed E-state index contributed by atoms with van der Waals surface area (Å²) in [6, 6.07) is 8.79. The lowest BCUT2D eigenvalue weighted by molar-refractivity contribution is -0.117. The van der Waals surface area contributed by atoms with E-state index in [0.717, 1.165) is 37.1 Å². The summed E-state index contributed by atoms with van der Waals surface area (Å²) >= 11 is 0. The van der Waals surface area contributed by atoms with Crippen LogP contribution in [0.2, 0.25) is 0 Å².